The van der Waals surface area contributed by atoms with Gasteiger partial charge in [-0.05, 0) is 61.6 Å². The lowest BCUT2D eigenvalue weighted by Crippen LogP contribution is -2.24. The highest BCUT2D eigenvalue weighted by molar-refractivity contribution is 6.08. The van der Waals surface area contributed by atoms with Gasteiger partial charge >= 0.3 is 0 Å². The zero-order valence-corrected chi connectivity index (χ0v) is 18.3. The van der Waals surface area contributed by atoms with Crippen LogP contribution in [-0.4, -0.2) is 11.9 Å². The molecule has 0 aromatic heterocycles. The number of ether oxygens (including phenoxy) is 1. The highest BCUT2D eigenvalue weighted by Gasteiger charge is 2.18. The first-order valence-electron chi connectivity index (χ1n) is 10.2. The zero-order valence-electron chi connectivity index (χ0n) is 18.3. The molecule has 0 aliphatic heterocycles. The number of rotatable bonds is 7. The Morgan fingerprint density at radius 2 is 1.93 bits per heavy atom. The van der Waals surface area contributed by atoms with Crippen LogP contribution in [0.3, 0.4) is 0 Å². The zero-order chi connectivity index (χ0) is 20.9. The number of hydrogen-bond donors (Lipinski definition) is 2. The highest BCUT2D eigenvalue weighted by atomic mass is 16.5. The second-order valence-corrected chi connectivity index (χ2v) is 9.19. The molecule has 152 valence electrons. The summed E-state index contributed by atoms with van der Waals surface area (Å²) in [5.74, 6) is 1.28. The third-order valence-corrected chi connectivity index (χ3v) is 5.01. The Morgan fingerprint density at radius 1 is 1.29 bits per heavy atom. The third-order valence-electron chi connectivity index (χ3n) is 5.01. The van der Waals surface area contributed by atoms with Crippen LogP contribution in [0.2, 0.25) is 0 Å². The van der Waals surface area contributed by atoms with E-state index in [-0.39, 0.29) is 0 Å². The van der Waals surface area contributed by atoms with Gasteiger partial charge in [0.2, 0.25) is 0 Å². The van der Waals surface area contributed by atoms with Crippen molar-refractivity contribution in [3.63, 3.8) is 0 Å². The lowest BCUT2D eigenvalue weighted by atomic mass is 9.81. The topological polar surface area (TPSA) is 59.1 Å². The van der Waals surface area contributed by atoms with Gasteiger partial charge in [-0.2, -0.15) is 0 Å². The molecule has 0 amide bonds. The summed E-state index contributed by atoms with van der Waals surface area (Å²) in [4.78, 5) is 0. The first kappa shape index (κ1) is 22.2. The van der Waals surface area contributed by atoms with Gasteiger partial charge in [0.25, 0.3) is 0 Å². The van der Waals surface area contributed by atoms with Gasteiger partial charge in [0.15, 0.2) is 6.23 Å². The van der Waals surface area contributed by atoms with Gasteiger partial charge in [0.05, 0.1) is 11.5 Å². The van der Waals surface area contributed by atoms with Gasteiger partial charge in [-0.15, -0.1) is 0 Å². The maximum atomic E-state index is 8.41. The van der Waals surface area contributed by atoms with Crippen molar-refractivity contribution >= 4 is 5.71 Å². The Morgan fingerprint density at radius 3 is 2.46 bits per heavy atom. The SMILES string of the molecule is C/C(=C\C(=N)c1c(C)cccc1C)OC(N)CC1=CCC(CC(C)(C)C)C=C1. The Hall–Kier alpha value is -2.13. The predicted octanol–water partition coefficient (Wildman–Crippen LogP) is 6.21. The minimum Gasteiger partial charge on any atom is -0.480 e. The van der Waals surface area contributed by atoms with Crippen LogP contribution in [0, 0.1) is 30.6 Å². The van der Waals surface area contributed by atoms with E-state index in [2.05, 4.69) is 39.0 Å². The van der Waals surface area contributed by atoms with Crippen molar-refractivity contribution in [2.45, 2.75) is 67.0 Å². The normalized spacial score (nSPS) is 18.6. The minimum atomic E-state index is -0.405. The van der Waals surface area contributed by atoms with Crippen LogP contribution in [0.1, 0.15) is 63.6 Å². The van der Waals surface area contributed by atoms with E-state index in [1.54, 1.807) is 6.08 Å². The van der Waals surface area contributed by atoms with Crippen molar-refractivity contribution in [2.75, 3.05) is 0 Å². The van der Waals surface area contributed by atoms with Crippen LogP contribution in [0.15, 0.2) is 53.8 Å². The van der Waals surface area contributed by atoms with E-state index in [1.807, 2.05) is 39.0 Å². The second kappa shape index (κ2) is 9.38. The fraction of sp³-hybridized carbons (Fsp3) is 0.480. The Balaban J connectivity index is 1.91. The van der Waals surface area contributed by atoms with Crippen molar-refractivity contribution in [1.29, 1.82) is 5.41 Å². The van der Waals surface area contributed by atoms with Crippen molar-refractivity contribution in [2.24, 2.45) is 17.1 Å². The molecule has 28 heavy (non-hydrogen) atoms. The molecule has 3 nitrogen and oxygen atoms in total. The van der Waals surface area contributed by atoms with Gasteiger partial charge < -0.3 is 10.1 Å². The number of hydrogen-bond acceptors (Lipinski definition) is 3. The maximum Gasteiger partial charge on any atom is 0.151 e. The molecule has 2 rings (SSSR count). The Bertz CT molecular complexity index is 773. The van der Waals surface area contributed by atoms with Crippen LogP contribution in [0.4, 0.5) is 0 Å². The molecule has 0 saturated heterocycles. The van der Waals surface area contributed by atoms with Crippen molar-refractivity contribution in [1.82, 2.24) is 0 Å². The molecule has 3 N–H and O–H groups in total. The number of allylic oxidation sites excluding steroid dienone is 5. The summed E-state index contributed by atoms with van der Waals surface area (Å²) in [6.45, 7) is 12.8. The van der Waals surface area contributed by atoms with Crippen molar-refractivity contribution < 1.29 is 4.74 Å². The molecule has 0 heterocycles. The van der Waals surface area contributed by atoms with Gasteiger partial charge in [-0.3, -0.25) is 5.73 Å². The molecule has 0 radical (unpaired) electrons. The number of nitrogens with two attached hydrogens (primary N) is 1. The second-order valence-electron chi connectivity index (χ2n) is 9.19. The minimum absolute atomic E-state index is 0.349. The molecular formula is C25H36N2O. The Labute approximate surface area is 170 Å². The lowest BCUT2D eigenvalue weighted by molar-refractivity contribution is 0.124. The van der Waals surface area contributed by atoms with E-state index in [0.717, 1.165) is 23.1 Å². The van der Waals surface area contributed by atoms with E-state index in [0.29, 0.717) is 29.2 Å². The largest absolute Gasteiger partial charge is 0.480 e. The molecule has 1 aromatic carbocycles. The smallest absolute Gasteiger partial charge is 0.151 e. The molecule has 2 unspecified atom stereocenters. The van der Waals surface area contributed by atoms with Gasteiger partial charge in [-0.25, -0.2) is 0 Å². The number of benzene rings is 1. The fourth-order valence-electron chi connectivity index (χ4n) is 3.86. The van der Waals surface area contributed by atoms with Crippen molar-refractivity contribution in [3.8, 4) is 0 Å². The average Bonchev–Trinajstić information content (AvgIpc) is 2.54. The lowest BCUT2D eigenvalue weighted by Gasteiger charge is -2.25. The van der Waals surface area contributed by atoms with Gasteiger partial charge in [-0.1, -0.05) is 57.2 Å². The van der Waals surface area contributed by atoms with Crippen LogP contribution in [0.5, 0.6) is 0 Å². The molecule has 2 atom stereocenters. The van der Waals surface area contributed by atoms with Gasteiger partial charge in [0, 0.05) is 18.1 Å². The van der Waals surface area contributed by atoms with Crippen LogP contribution in [-0.2, 0) is 4.74 Å². The van der Waals surface area contributed by atoms with Gasteiger partial charge in [0.1, 0.15) is 0 Å². The fourth-order valence-corrected chi connectivity index (χ4v) is 3.86. The summed E-state index contributed by atoms with van der Waals surface area (Å²) in [7, 11) is 0. The molecular weight excluding hydrogens is 344 g/mol. The summed E-state index contributed by atoms with van der Waals surface area (Å²) in [5, 5.41) is 8.41. The standard InChI is InChI=1S/C25H36N2O/c1-17-8-7-9-18(2)24(17)22(26)14-19(3)28-23(27)15-20-10-12-21(13-11-20)16-25(4,5)6/h7-12,14,21,23,26H,13,15-16,27H2,1-6H3/b19-14+,26-22?. The van der Waals surface area contributed by atoms with Crippen LogP contribution in [0.25, 0.3) is 0 Å². The third kappa shape index (κ3) is 6.79. The molecule has 0 spiro atoms. The van der Waals surface area contributed by atoms with Crippen LogP contribution < -0.4 is 5.73 Å². The maximum absolute atomic E-state index is 8.41. The molecule has 0 fully saturated rings. The van der Waals surface area contributed by atoms with E-state index in [9.17, 15) is 0 Å². The monoisotopic (exact) mass is 380 g/mol. The molecule has 1 aliphatic rings. The van der Waals surface area contributed by atoms with E-state index in [4.69, 9.17) is 15.9 Å². The summed E-state index contributed by atoms with van der Waals surface area (Å²) in [6.07, 6.45) is 11.1. The van der Waals surface area contributed by atoms with Crippen LogP contribution >= 0.6 is 0 Å². The average molecular weight is 381 g/mol. The predicted molar refractivity (Wildman–Crippen MR) is 120 cm³/mol. The number of nitrogens with one attached hydrogen (secondary N) is 1. The molecule has 3 heteroatoms. The summed E-state index contributed by atoms with van der Waals surface area (Å²) >= 11 is 0. The first-order valence-corrected chi connectivity index (χ1v) is 10.2. The highest BCUT2D eigenvalue weighted by Crippen LogP contribution is 2.30. The number of aryl methyl sites for hydroxylation is 2. The summed E-state index contributed by atoms with van der Waals surface area (Å²) in [5.41, 5.74) is 11.4. The van der Waals surface area contributed by atoms with E-state index in [1.165, 1.54) is 12.0 Å². The van der Waals surface area contributed by atoms with E-state index >= 15 is 0 Å². The Kier molecular flexibility index (Phi) is 7.42. The first-order chi connectivity index (χ1) is 13.0. The molecule has 1 aliphatic carbocycles. The summed E-state index contributed by atoms with van der Waals surface area (Å²) < 4.78 is 5.86. The molecule has 1 aromatic rings. The molecule has 0 bridgehead atoms. The van der Waals surface area contributed by atoms with E-state index < -0.39 is 6.23 Å². The molecule has 0 saturated carbocycles. The summed E-state index contributed by atoms with van der Waals surface area (Å²) in [6, 6.07) is 6.07. The quantitative estimate of drug-likeness (QED) is 0.336. The van der Waals surface area contributed by atoms with Crippen molar-refractivity contribution in [3.05, 3.63) is 70.5 Å².